The van der Waals surface area contributed by atoms with Gasteiger partial charge in [0.1, 0.15) is 0 Å². The van der Waals surface area contributed by atoms with Crippen LogP contribution in [0.2, 0.25) is 0 Å². The fourth-order valence-corrected chi connectivity index (χ4v) is 2.35. The van der Waals surface area contributed by atoms with Gasteiger partial charge in [-0.1, -0.05) is 18.2 Å². The van der Waals surface area contributed by atoms with Gasteiger partial charge in [-0.25, -0.2) is 0 Å². The molecular formula is C13H17ClN4O. The van der Waals surface area contributed by atoms with Gasteiger partial charge in [0.05, 0.1) is 5.52 Å². The molecule has 1 unspecified atom stereocenters. The highest BCUT2D eigenvalue weighted by atomic mass is 35.5. The number of nitrogens with zero attached hydrogens (tertiary/aromatic N) is 1. The molecule has 1 aromatic heterocycles. The highest BCUT2D eigenvalue weighted by molar-refractivity contribution is 6.04. The normalized spacial score (nSPS) is 18.2. The van der Waals surface area contributed by atoms with Gasteiger partial charge in [-0.2, -0.15) is 5.10 Å². The van der Waals surface area contributed by atoms with Gasteiger partial charge < -0.3 is 10.6 Å². The summed E-state index contributed by atoms with van der Waals surface area (Å²) in [5.74, 6) is 0.443. The third-order valence-corrected chi connectivity index (χ3v) is 3.40. The van der Waals surface area contributed by atoms with Gasteiger partial charge in [0.15, 0.2) is 5.69 Å². The summed E-state index contributed by atoms with van der Waals surface area (Å²) in [6.07, 6.45) is 1.13. The standard InChI is InChI=1S/C13H16N4O.ClH/c18-13(15-8-9-5-6-14-7-9)12-10-3-1-2-4-11(10)16-17-12;/h1-4,9,14H,5-8H2,(H,15,18)(H,16,17);1H. The van der Waals surface area contributed by atoms with Gasteiger partial charge >= 0.3 is 0 Å². The number of hydrogen-bond acceptors (Lipinski definition) is 3. The number of carbonyl (C=O) groups excluding carboxylic acids is 1. The van der Waals surface area contributed by atoms with Gasteiger partial charge in [-0.15, -0.1) is 12.4 Å². The summed E-state index contributed by atoms with van der Waals surface area (Å²) in [6.45, 7) is 2.75. The van der Waals surface area contributed by atoms with Crippen LogP contribution in [0.4, 0.5) is 0 Å². The number of halogens is 1. The van der Waals surface area contributed by atoms with Crippen molar-refractivity contribution in [3.05, 3.63) is 30.0 Å². The Hall–Kier alpha value is -1.59. The summed E-state index contributed by atoms with van der Waals surface area (Å²) in [5, 5.41) is 14.1. The van der Waals surface area contributed by atoms with E-state index in [9.17, 15) is 4.79 Å². The van der Waals surface area contributed by atoms with Crippen molar-refractivity contribution < 1.29 is 4.79 Å². The predicted octanol–water partition coefficient (Wildman–Crippen LogP) is 1.32. The number of para-hydroxylation sites is 1. The van der Waals surface area contributed by atoms with E-state index in [1.165, 1.54) is 0 Å². The minimum absolute atomic E-state index is 0. The van der Waals surface area contributed by atoms with Crippen LogP contribution in [0.3, 0.4) is 0 Å². The number of fused-ring (bicyclic) bond motifs is 1. The van der Waals surface area contributed by atoms with Crippen molar-refractivity contribution in [3.63, 3.8) is 0 Å². The van der Waals surface area contributed by atoms with Crippen molar-refractivity contribution in [1.29, 1.82) is 0 Å². The van der Waals surface area contributed by atoms with Gasteiger partial charge in [-0.3, -0.25) is 9.89 Å². The monoisotopic (exact) mass is 280 g/mol. The second-order valence-corrected chi connectivity index (χ2v) is 4.69. The van der Waals surface area contributed by atoms with Gasteiger partial charge in [0.2, 0.25) is 0 Å². The molecule has 102 valence electrons. The van der Waals surface area contributed by atoms with E-state index in [0.717, 1.165) is 30.4 Å². The molecule has 0 aliphatic carbocycles. The SMILES string of the molecule is Cl.O=C(NCC1CCNC1)c1n[nH]c2ccccc12. The molecule has 3 N–H and O–H groups in total. The number of amides is 1. The van der Waals surface area contributed by atoms with E-state index in [1.807, 2.05) is 24.3 Å². The molecule has 1 aliphatic rings. The summed E-state index contributed by atoms with van der Waals surface area (Å²) in [4.78, 5) is 12.1. The summed E-state index contributed by atoms with van der Waals surface area (Å²) in [6, 6.07) is 7.66. The first-order valence-electron chi connectivity index (χ1n) is 6.26. The molecule has 0 bridgehead atoms. The molecule has 0 spiro atoms. The maximum atomic E-state index is 12.1. The highest BCUT2D eigenvalue weighted by Crippen LogP contribution is 2.15. The molecule has 6 heteroatoms. The first kappa shape index (κ1) is 13.8. The molecule has 19 heavy (non-hydrogen) atoms. The topological polar surface area (TPSA) is 69.8 Å². The quantitative estimate of drug-likeness (QED) is 0.794. The van der Waals surface area contributed by atoms with E-state index < -0.39 is 0 Å². The number of benzene rings is 1. The first-order chi connectivity index (χ1) is 8.84. The highest BCUT2D eigenvalue weighted by Gasteiger charge is 2.18. The van der Waals surface area contributed by atoms with Crippen LogP contribution < -0.4 is 10.6 Å². The predicted molar refractivity (Wildman–Crippen MR) is 76.7 cm³/mol. The van der Waals surface area contributed by atoms with Crippen LogP contribution in [-0.4, -0.2) is 35.7 Å². The number of aromatic amines is 1. The fourth-order valence-electron chi connectivity index (χ4n) is 2.35. The van der Waals surface area contributed by atoms with Crippen LogP contribution in [0.25, 0.3) is 10.9 Å². The summed E-state index contributed by atoms with van der Waals surface area (Å²) in [5.41, 5.74) is 1.38. The number of H-pyrrole nitrogens is 1. The van der Waals surface area contributed by atoms with Crippen LogP contribution in [0.5, 0.6) is 0 Å². The number of carbonyl (C=O) groups is 1. The van der Waals surface area contributed by atoms with E-state index in [2.05, 4.69) is 20.8 Å². The molecule has 0 saturated carbocycles. The Morgan fingerprint density at radius 2 is 2.26 bits per heavy atom. The van der Waals surface area contributed by atoms with Crippen molar-refractivity contribution in [3.8, 4) is 0 Å². The molecular weight excluding hydrogens is 264 g/mol. The fraction of sp³-hybridized carbons (Fsp3) is 0.385. The summed E-state index contributed by atoms with van der Waals surface area (Å²) >= 11 is 0. The maximum absolute atomic E-state index is 12.1. The molecule has 2 heterocycles. The Labute approximate surface area is 117 Å². The molecule has 2 aromatic rings. The minimum atomic E-state index is -0.0978. The van der Waals surface area contributed by atoms with Crippen molar-refractivity contribution >= 4 is 29.2 Å². The summed E-state index contributed by atoms with van der Waals surface area (Å²) < 4.78 is 0. The lowest BCUT2D eigenvalue weighted by Gasteiger charge is -2.08. The Morgan fingerprint density at radius 1 is 1.42 bits per heavy atom. The van der Waals surface area contributed by atoms with Crippen molar-refractivity contribution in [1.82, 2.24) is 20.8 Å². The third-order valence-electron chi connectivity index (χ3n) is 3.40. The molecule has 3 rings (SSSR count). The van der Waals surface area contributed by atoms with E-state index in [1.54, 1.807) is 0 Å². The smallest absolute Gasteiger partial charge is 0.272 e. The average Bonchev–Trinajstić information content (AvgIpc) is 3.05. The molecule has 1 saturated heterocycles. The Morgan fingerprint density at radius 3 is 3.05 bits per heavy atom. The number of nitrogens with one attached hydrogen (secondary N) is 3. The van der Waals surface area contributed by atoms with Crippen molar-refractivity contribution in [2.24, 2.45) is 5.92 Å². The lowest BCUT2D eigenvalue weighted by Crippen LogP contribution is -2.30. The van der Waals surface area contributed by atoms with E-state index >= 15 is 0 Å². The lowest BCUT2D eigenvalue weighted by atomic mass is 10.1. The molecule has 5 nitrogen and oxygen atoms in total. The molecule has 1 aliphatic heterocycles. The Kier molecular flexibility index (Phi) is 4.39. The van der Waals surface area contributed by atoms with Crippen LogP contribution in [0.1, 0.15) is 16.9 Å². The van der Waals surface area contributed by atoms with Crippen LogP contribution >= 0.6 is 12.4 Å². The molecule has 0 radical (unpaired) electrons. The molecule has 1 fully saturated rings. The number of aromatic nitrogens is 2. The zero-order chi connectivity index (χ0) is 12.4. The largest absolute Gasteiger partial charge is 0.350 e. The second kappa shape index (κ2) is 6.04. The lowest BCUT2D eigenvalue weighted by molar-refractivity contribution is 0.0945. The average molecular weight is 281 g/mol. The number of rotatable bonds is 3. The zero-order valence-electron chi connectivity index (χ0n) is 10.5. The molecule has 1 atom stereocenters. The van der Waals surface area contributed by atoms with E-state index in [-0.39, 0.29) is 18.3 Å². The maximum Gasteiger partial charge on any atom is 0.272 e. The number of hydrogen-bond donors (Lipinski definition) is 3. The minimum Gasteiger partial charge on any atom is -0.350 e. The third kappa shape index (κ3) is 2.88. The van der Waals surface area contributed by atoms with Crippen LogP contribution in [-0.2, 0) is 0 Å². The van der Waals surface area contributed by atoms with Crippen molar-refractivity contribution in [2.45, 2.75) is 6.42 Å². The summed E-state index contributed by atoms with van der Waals surface area (Å²) in [7, 11) is 0. The van der Waals surface area contributed by atoms with Gasteiger partial charge in [0, 0.05) is 11.9 Å². The van der Waals surface area contributed by atoms with E-state index in [0.29, 0.717) is 18.2 Å². The molecule has 1 amide bonds. The van der Waals surface area contributed by atoms with Gasteiger partial charge in [-0.05, 0) is 31.5 Å². The second-order valence-electron chi connectivity index (χ2n) is 4.69. The molecule has 1 aromatic carbocycles. The Balaban J connectivity index is 0.00000133. The van der Waals surface area contributed by atoms with Crippen molar-refractivity contribution in [2.75, 3.05) is 19.6 Å². The van der Waals surface area contributed by atoms with Gasteiger partial charge in [0.25, 0.3) is 5.91 Å². The zero-order valence-corrected chi connectivity index (χ0v) is 11.3. The Bertz CT molecular complexity index is 563. The van der Waals surface area contributed by atoms with Crippen LogP contribution in [0, 0.1) is 5.92 Å². The first-order valence-corrected chi connectivity index (χ1v) is 6.26. The van der Waals surface area contributed by atoms with Crippen LogP contribution in [0.15, 0.2) is 24.3 Å². The van der Waals surface area contributed by atoms with E-state index in [4.69, 9.17) is 0 Å².